The van der Waals surface area contributed by atoms with Gasteiger partial charge in [0, 0.05) is 11.6 Å². The van der Waals surface area contributed by atoms with Crippen molar-refractivity contribution in [3.8, 4) is 51.6 Å². The number of hydrogen-bond donors (Lipinski definition) is 2. The Morgan fingerprint density at radius 3 is 1.76 bits per heavy atom. The highest BCUT2D eigenvalue weighted by Crippen LogP contribution is 2.50. The third-order valence-corrected chi connectivity index (χ3v) is 4.39. The molecule has 0 fully saturated rings. The highest BCUT2D eigenvalue weighted by atomic mass is 16.5. The first-order chi connectivity index (χ1) is 13.9. The van der Waals surface area contributed by atoms with Crippen LogP contribution in [0.4, 0.5) is 0 Å². The molecular formula is C20H20O9. The Kier molecular flexibility index (Phi) is 5.31. The molecule has 0 aliphatic carbocycles. The third kappa shape index (κ3) is 3.10. The van der Waals surface area contributed by atoms with E-state index in [4.69, 9.17) is 28.1 Å². The predicted octanol–water partition coefficient (Wildman–Crippen LogP) is 2.91. The number of hydrogen-bond acceptors (Lipinski definition) is 9. The second-order valence-corrected chi connectivity index (χ2v) is 5.86. The molecule has 0 saturated carbocycles. The fourth-order valence-electron chi connectivity index (χ4n) is 3.04. The summed E-state index contributed by atoms with van der Waals surface area (Å²) in [6.07, 6.45) is 0. The van der Waals surface area contributed by atoms with Crippen molar-refractivity contribution in [2.45, 2.75) is 0 Å². The SMILES string of the molecule is COc1cc(-c2cc(=O)c3c(O)c(OC)c(OC)c(OC)c3o2)cc(OC)c1O. The Morgan fingerprint density at radius 1 is 0.724 bits per heavy atom. The molecule has 1 heterocycles. The van der Waals surface area contributed by atoms with Crippen LogP contribution < -0.4 is 29.1 Å². The number of phenols is 2. The average molecular weight is 404 g/mol. The molecule has 0 spiro atoms. The molecule has 0 bridgehead atoms. The first-order valence-corrected chi connectivity index (χ1v) is 8.35. The van der Waals surface area contributed by atoms with E-state index in [-0.39, 0.29) is 51.2 Å². The Morgan fingerprint density at radius 2 is 1.28 bits per heavy atom. The van der Waals surface area contributed by atoms with Gasteiger partial charge in [-0.25, -0.2) is 0 Å². The van der Waals surface area contributed by atoms with Crippen LogP contribution in [0.5, 0.6) is 40.2 Å². The molecule has 0 saturated heterocycles. The van der Waals surface area contributed by atoms with E-state index in [0.717, 1.165) is 0 Å². The molecule has 29 heavy (non-hydrogen) atoms. The maximum absolute atomic E-state index is 12.8. The van der Waals surface area contributed by atoms with Crippen molar-refractivity contribution >= 4 is 11.0 Å². The molecule has 0 unspecified atom stereocenters. The van der Waals surface area contributed by atoms with Crippen molar-refractivity contribution in [2.75, 3.05) is 35.5 Å². The van der Waals surface area contributed by atoms with Crippen molar-refractivity contribution in [1.82, 2.24) is 0 Å². The summed E-state index contributed by atoms with van der Waals surface area (Å²) in [5, 5.41) is 20.5. The van der Waals surface area contributed by atoms with Crippen LogP contribution in [0.3, 0.4) is 0 Å². The minimum Gasteiger partial charge on any atom is -0.504 e. The molecule has 1 aromatic heterocycles. The van der Waals surface area contributed by atoms with Gasteiger partial charge >= 0.3 is 0 Å². The zero-order valence-electron chi connectivity index (χ0n) is 16.5. The molecular weight excluding hydrogens is 384 g/mol. The summed E-state index contributed by atoms with van der Waals surface area (Å²) in [5.74, 6) is -0.137. The molecule has 2 N–H and O–H groups in total. The topological polar surface area (TPSA) is 117 Å². The Hall–Kier alpha value is -3.75. The largest absolute Gasteiger partial charge is 0.504 e. The average Bonchev–Trinajstić information content (AvgIpc) is 2.73. The van der Waals surface area contributed by atoms with Gasteiger partial charge in [-0.2, -0.15) is 0 Å². The van der Waals surface area contributed by atoms with E-state index in [2.05, 4.69) is 0 Å². The van der Waals surface area contributed by atoms with Gasteiger partial charge in [0.2, 0.25) is 23.0 Å². The number of benzene rings is 2. The number of phenolic OH excluding ortho intramolecular Hbond substituents is 2. The molecule has 2 aromatic carbocycles. The molecule has 9 heteroatoms. The molecule has 0 atom stereocenters. The first-order valence-electron chi connectivity index (χ1n) is 8.35. The van der Waals surface area contributed by atoms with Crippen LogP contribution in [-0.2, 0) is 0 Å². The van der Waals surface area contributed by atoms with Crippen LogP contribution >= 0.6 is 0 Å². The Bertz CT molecular complexity index is 1110. The Labute approximate surface area is 165 Å². The minimum atomic E-state index is -0.538. The lowest BCUT2D eigenvalue weighted by atomic mass is 10.1. The van der Waals surface area contributed by atoms with E-state index >= 15 is 0 Å². The second-order valence-electron chi connectivity index (χ2n) is 5.86. The first kappa shape index (κ1) is 20.0. The van der Waals surface area contributed by atoms with Crippen LogP contribution in [0.25, 0.3) is 22.3 Å². The van der Waals surface area contributed by atoms with Gasteiger partial charge in [-0.05, 0) is 12.1 Å². The summed E-state index contributed by atoms with van der Waals surface area (Å²) < 4.78 is 32.0. The lowest BCUT2D eigenvalue weighted by Crippen LogP contribution is -2.05. The van der Waals surface area contributed by atoms with Gasteiger partial charge in [-0.1, -0.05) is 0 Å². The van der Waals surface area contributed by atoms with Crippen molar-refractivity contribution < 1.29 is 38.3 Å². The summed E-state index contributed by atoms with van der Waals surface area (Å²) in [6, 6.07) is 4.16. The zero-order chi connectivity index (χ0) is 21.3. The molecule has 154 valence electrons. The van der Waals surface area contributed by atoms with Crippen molar-refractivity contribution in [3.63, 3.8) is 0 Å². The predicted molar refractivity (Wildman–Crippen MR) is 104 cm³/mol. The van der Waals surface area contributed by atoms with E-state index < -0.39 is 11.2 Å². The third-order valence-electron chi connectivity index (χ3n) is 4.39. The van der Waals surface area contributed by atoms with Gasteiger partial charge in [0.25, 0.3) is 0 Å². The minimum absolute atomic E-state index is 0.0313. The Balaban J connectivity index is 2.40. The van der Waals surface area contributed by atoms with Gasteiger partial charge in [-0.3, -0.25) is 4.79 Å². The highest BCUT2D eigenvalue weighted by molar-refractivity contribution is 5.95. The fraction of sp³-hybridized carbons (Fsp3) is 0.250. The molecule has 3 aromatic rings. The molecule has 9 nitrogen and oxygen atoms in total. The molecule has 0 amide bonds. The van der Waals surface area contributed by atoms with Gasteiger partial charge < -0.3 is 38.3 Å². The van der Waals surface area contributed by atoms with E-state index in [1.807, 2.05) is 0 Å². The molecule has 0 aliphatic heterocycles. The van der Waals surface area contributed by atoms with Crippen LogP contribution in [0.1, 0.15) is 0 Å². The zero-order valence-corrected chi connectivity index (χ0v) is 16.5. The van der Waals surface area contributed by atoms with Crippen LogP contribution in [0.15, 0.2) is 27.4 Å². The van der Waals surface area contributed by atoms with E-state index in [9.17, 15) is 15.0 Å². The van der Waals surface area contributed by atoms with E-state index in [1.54, 1.807) is 0 Å². The highest BCUT2D eigenvalue weighted by Gasteiger charge is 2.26. The summed E-state index contributed by atoms with van der Waals surface area (Å²) in [6.45, 7) is 0. The normalized spacial score (nSPS) is 10.7. The second kappa shape index (κ2) is 7.70. The number of rotatable bonds is 6. The van der Waals surface area contributed by atoms with Gasteiger partial charge in [0.1, 0.15) is 11.1 Å². The fourth-order valence-corrected chi connectivity index (χ4v) is 3.04. The van der Waals surface area contributed by atoms with Gasteiger partial charge in [-0.15, -0.1) is 0 Å². The maximum atomic E-state index is 12.8. The van der Waals surface area contributed by atoms with Gasteiger partial charge in [0.05, 0.1) is 35.5 Å². The van der Waals surface area contributed by atoms with Crippen LogP contribution in [0, 0.1) is 0 Å². The van der Waals surface area contributed by atoms with E-state index in [1.165, 1.54) is 53.7 Å². The molecule has 3 rings (SSSR count). The lowest BCUT2D eigenvalue weighted by Gasteiger charge is -2.16. The summed E-state index contributed by atoms with van der Waals surface area (Å²) in [4.78, 5) is 12.8. The molecule has 0 radical (unpaired) electrons. The summed E-state index contributed by atoms with van der Waals surface area (Å²) in [7, 11) is 6.82. The monoisotopic (exact) mass is 404 g/mol. The summed E-state index contributed by atoms with van der Waals surface area (Å²) in [5.41, 5.74) is -0.174. The molecule has 0 aliphatic rings. The van der Waals surface area contributed by atoms with Crippen LogP contribution in [-0.4, -0.2) is 45.8 Å². The standard InChI is InChI=1S/C20H20O9/c1-24-12-6-9(7-13(25-2)15(12)22)11-8-10(21)14-16(23)18(26-3)20(28-5)19(27-4)17(14)29-11/h6-8,22-23H,1-5H3. The maximum Gasteiger partial charge on any atom is 0.211 e. The number of fused-ring (bicyclic) bond motifs is 1. The smallest absolute Gasteiger partial charge is 0.211 e. The van der Waals surface area contributed by atoms with Crippen molar-refractivity contribution in [2.24, 2.45) is 0 Å². The van der Waals surface area contributed by atoms with E-state index in [0.29, 0.717) is 5.56 Å². The number of methoxy groups -OCH3 is 5. The van der Waals surface area contributed by atoms with Crippen molar-refractivity contribution in [3.05, 3.63) is 28.4 Å². The lowest BCUT2D eigenvalue weighted by molar-refractivity contribution is 0.311. The quantitative estimate of drug-likeness (QED) is 0.639. The number of aromatic hydroxyl groups is 2. The van der Waals surface area contributed by atoms with Gasteiger partial charge in [0.15, 0.2) is 28.3 Å². The van der Waals surface area contributed by atoms with Crippen LogP contribution in [0.2, 0.25) is 0 Å². The summed E-state index contributed by atoms with van der Waals surface area (Å²) >= 11 is 0. The van der Waals surface area contributed by atoms with Crippen molar-refractivity contribution in [1.29, 1.82) is 0 Å². The number of ether oxygens (including phenoxy) is 5.